The van der Waals surface area contributed by atoms with Crippen LogP contribution in [0.4, 0.5) is 0 Å². The van der Waals surface area contributed by atoms with Gasteiger partial charge in [-0.05, 0) is 37.5 Å². The summed E-state index contributed by atoms with van der Waals surface area (Å²) in [5.41, 5.74) is 1.12. The fraction of sp³-hybridized carbons (Fsp3) is 0.864. The summed E-state index contributed by atoms with van der Waals surface area (Å²) in [6.45, 7) is 8.80. The van der Waals surface area contributed by atoms with Crippen molar-refractivity contribution in [1.29, 1.82) is 0 Å². The number of ether oxygens (including phenoxy) is 1. The quantitative estimate of drug-likeness (QED) is 0.0640. The number of amides is 2. The van der Waals surface area contributed by atoms with Crippen molar-refractivity contribution in [2.45, 2.75) is 310 Å². The van der Waals surface area contributed by atoms with Gasteiger partial charge in [-0.15, -0.1) is 0 Å². The molecule has 0 radical (unpaired) electrons. The molecule has 1 aromatic rings. The Bertz CT molecular complexity index is 1140. The zero-order valence-electron chi connectivity index (χ0n) is 43.4. The molecule has 5 nitrogen and oxygen atoms in total. The second-order valence-corrected chi connectivity index (χ2v) is 19.9. The van der Waals surface area contributed by atoms with Crippen LogP contribution in [0.2, 0.25) is 0 Å². The summed E-state index contributed by atoms with van der Waals surface area (Å²) < 4.78 is 6.27. The largest absolute Gasteiger partial charge is 0.493 e. The van der Waals surface area contributed by atoms with Gasteiger partial charge in [0.2, 0.25) is 0 Å². The fourth-order valence-corrected chi connectivity index (χ4v) is 9.22. The van der Waals surface area contributed by atoms with Gasteiger partial charge in [0.15, 0.2) is 0 Å². The van der Waals surface area contributed by atoms with Gasteiger partial charge in [-0.3, -0.25) is 9.59 Å². The number of benzene rings is 1. The van der Waals surface area contributed by atoms with Gasteiger partial charge in [-0.2, -0.15) is 0 Å². The van der Waals surface area contributed by atoms with Crippen LogP contribution in [0.5, 0.6) is 5.75 Å². The molecule has 0 aromatic heterocycles. The van der Waals surface area contributed by atoms with Crippen LogP contribution < -0.4 is 15.4 Å². The number of nitrogens with one attached hydrogen (secondary N) is 2. The average Bonchev–Trinajstić information content (AvgIpc) is 3.30. The maximum atomic E-state index is 13.4. The first-order valence-corrected chi connectivity index (χ1v) is 29.0. The Kier molecular flexibility index (Phi) is 45.8. The zero-order valence-corrected chi connectivity index (χ0v) is 43.4. The van der Waals surface area contributed by atoms with Crippen LogP contribution in [0, 0.1) is 0 Å². The monoisotopic (exact) mass is 895 g/mol. The molecule has 0 unspecified atom stereocenters. The maximum Gasteiger partial charge on any atom is 0.255 e. The summed E-state index contributed by atoms with van der Waals surface area (Å²) in [6, 6.07) is 5.39. The van der Waals surface area contributed by atoms with Gasteiger partial charge in [0, 0.05) is 18.7 Å². The van der Waals surface area contributed by atoms with Crippen LogP contribution in [-0.2, 0) is 0 Å². The Morgan fingerprint density at radius 1 is 0.344 bits per heavy atom. The van der Waals surface area contributed by atoms with Crippen molar-refractivity contribution in [2.75, 3.05) is 19.7 Å². The lowest BCUT2D eigenvalue weighted by atomic mass is 10.0. The molecular formula is C59H110N2O3. The molecule has 0 heterocycles. The van der Waals surface area contributed by atoms with Crippen molar-refractivity contribution in [3.63, 3.8) is 0 Å². The average molecular weight is 896 g/mol. The molecule has 1 aromatic carbocycles. The van der Waals surface area contributed by atoms with Gasteiger partial charge in [-0.1, -0.05) is 290 Å². The van der Waals surface area contributed by atoms with E-state index in [2.05, 4.69) is 31.4 Å². The van der Waals surface area contributed by atoms with Crippen molar-refractivity contribution < 1.29 is 14.3 Å². The molecule has 0 spiro atoms. The van der Waals surface area contributed by atoms with Gasteiger partial charge < -0.3 is 15.4 Å². The molecule has 374 valence electrons. The van der Waals surface area contributed by atoms with Gasteiger partial charge in [-0.25, -0.2) is 0 Å². The van der Waals surface area contributed by atoms with E-state index >= 15 is 0 Å². The number of carbonyl (C=O) groups excluding carboxylic acids is 2. The summed E-state index contributed by atoms with van der Waals surface area (Å²) in [5.74, 6) is 0.366. The molecule has 5 heteroatoms. The van der Waals surface area contributed by atoms with Gasteiger partial charge >= 0.3 is 0 Å². The van der Waals surface area contributed by atoms with Crippen molar-refractivity contribution >= 4 is 11.8 Å². The Morgan fingerprint density at radius 3 is 0.922 bits per heavy atom. The molecular weight excluding hydrogens is 785 g/mol. The minimum Gasteiger partial charge on any atom is -0.493 e. The minimum absolute atomic E-state index is 0.0773. The summed E-state index contributed by atoms with van der Waals surface area (Å²) >= 11 is 0. The standard InChI is InChI=1S/C59H110N2O3/c1-4-7-10-13-16-19-22-24-26-28-30-32-34-37-40-43-46-51-60-58(62)55-49-50-56(57(54-55)64-53-48-45-42-39-36-21-18-15-12-9-6-3)59(63)61-52-47-44-41-38-35-33-31-29-27-25-23-20-17-14-11-8-5-2/h49-50,54H,4-48,51-53H2,1-3H3,(H,60,62)(H,61,63). The number of rotatable bonds is 51. The first kappa shape index (κ1) is 60.0. The molecule has 0 saturated carbocycles. The Morgan fingerprint density at radius 2 is 0.609 bits per heavy atom. The molecule has 0 atom stereocenters. The third kappa shape index (κ3) is 39.2. The van der Waals surface area contributed by atoms with E-state index in [0.717, 1.165) is 38.5 Å². The van der Waals surface area contributed by atoms with Gasteiger partial charge in [0.1, 0.15) is 5.75 Å². The molecule has 2 amide bonds. The SMILES string of the molecule is CCCCCCCCCCCCCCCCCCCNC(=O)c1ccc(C(=O)NCCCCCCCCCCCCCCCCCCC)c(OCCCCCCCCCCCCC)c1. The number of hydrogen-bond donors (Lipinski definition) is 2. The Hall–Kier alpha value is -2.04. The summed E-state index contributed by atoms with van der Waals surface area (Å²) in [6.07, 6.45) is 60.0. The second-order valence-electron chi connectivity index (χ2n) is 19.9. The lowest BCUT2D eigenvalue weighted by Gasteiger charge is -2.14. The van der Waals surface area contributed by atoms with E-state index < -0.39 is 0 Å². The fourth-order valence-electron chi connectivity index (χ4n) is 9.22. The minimum atomic E-state index is -0.0964. The number of unbranched alkanes of at least 4 members (excludes halogenated alkanes) is 42. The highest BCUT2D eigenvalue weighted by Gasteiger charge is 2.16. The highest BCUT2D eigenvalue weighted by atomic mass is 16.5. The first-order valence-electron chi connectivity index (χ1n) is 29.0. The molecule has 64 heavy (non-hydrogen) atoms. The summed E-state index contributed by atoms with van der Waals surface area (Å²) in [5, 5.41) is 6.29. The lowest BCUT2D eigenvalue weighted by molar-refractivity contribution is 0.0937. The molecule has 0 aliphatic rings. The zero-order chi connectivity index (χ0) is 46.1. The Labute approximate surface area is 399 Å². The van der Waals surface area contributed by atoms with Crippen molar-refractivity contribution in [3.05, 3.63) is 29.3 Å². The van der Waals surface area contributed by atoms with Crippen molar-refractivity contribution in [2.24, 2.45) is 0 Å². The van der Waals surface area contributed by atoms with E-state index in [4.69, 9.17) is 4.74 Å². The number of hydrogen-bond acceptors (Lipinski definition) is 3. The molecule has 0 saturated heterocycles. The summed E-state index contributed by atoms with van der Waals surface area (Å²) in [4.78, 5) is 26.6. The predicted octanol–water partition coefficient (Wildman–Crippen LogP) is 19.1. The molecule has 0 bridgehead atoms. The third-order valence-electron chi connectivity index (χ3n) is 13.6. The van der Waals surface area contributed by atoms with E-state index in [0.29, 0.717) is 36.6 Å². The highest BCUT2D eigenvalue weighted by molar-refractivity contribution is 6.00. The third-order valence-corrected chi connectivity index (χ3v) is 13.6. The molecule has 0 aliphatic heterocycles. The van der Waals surface area contributed by atoms with E-state index in [1.165, 1.54) is 250 Å². The van der Waals surface area contributed by atoms with Crippen LogP contribution in [-0.4, -0.2) is 31.5 Å². The summed E-state index contributed by atoms with van der Waals surface area (Å²) in [7, 11) is 0. The predicted molar refractivity (Wildman–Crippen MR) is 281 cm³/mol. The van der Waals surface area contributed by atoms with Crippen molar-refractivity contribution in [3.8, 4) is 5.75 Å². The van der Waals surface area contributed by atoms with E-state index in [1.807, 2.05) is 0 Å². The lowest BCUT2D eigenvalue weighted by Crippen LogP contribution is -2.26. The normalized spacial score (nSPS) is 11.4. The van der Waals surface area contributed by atoms with Gasteiger partial charge in [0.25, 0.3) is 11.8 Å². The first-order chi connectivity index (χ1) is 31.6. The molecule has 0 aliphatic carbocycles. The van der Waals surface area contributed by atoms with Crippen molar-refractivity contribution in [1.82, 2.24) is 10.6 Å². The topological polar surface area (TPSA) is 67.4 Å². The van der Waals surface area contributed by atoms with Crippen LogP contribution in [0.3, 0.4) is 0 Å². The van der Waals surface area contributed by atoms with E-state index in [1.54, 1.807) is 18.2 Å². The molecule has 1 rings (SSSR count). The van der Waals surface area contributed by atoms with Crippen LogP contribution in [0.1, 0.15) is 330 Å². The van der Waals surface area contributed by atoms with E-state index in [-0.39, 0.29) is 11.8 Å². The number of carbonyl (C=O) groups is 2. The van der Waals surface area contributed by atoms with Crippen LogP contribution in [0.15, 0.2) is 18.2 Å². The highest BCUT2D eigenvalue weighted by Crippen LogP contribution is 2.23. The Balaban J connectivity index is 2.34. The van der Waals surface area contributed by atoms with Crippen LogP contribution >= 0.6 is 0 Å². The second kappa shape index (κ2) is 48.9. The maximum absolute atomic E-state index is 13.4. The van der Waals surface area contributed by atoms with Gasteiger partial charge in [0.05, 0.1) is 12.2 Å². The molecule has 2 N–H and O–H groups in total. The van der Waals surface area contributed by atoms with E-state index in [9.17, 15) is 9.59 Å². The van der Waals surface area contributed by atoms with Crippen LogP contribution in [0.25, 0.3) is 0 Å². The molecule has 0 fully saturated rings. The smallest absolute Gasteiger partial charge is 0.255 e.